The van der Waals surface area contributed by atoms with Crippen LogP contribution in [0.1, 0.15) is 37.2 Å². The number of fused-ring (bicyclic) bond motifs is 1. The number of rotatable bonds is 0. The number of pyridine rings is 1. The summed E-state index contributed by atoms with van der Waals surface area (Å²) in [5.74, 6) is 0. The van der Waals surface area contributed by atoms with Crippen LogP contribution in [-0.4, -0.2) is 18.6 Å². The van der Waals surface area contributed by atoms with Crippen molar-refractivity contribution in [2.75, 3.05) is 18.5 Å². The van der Waals surface area contributed by atoms with Gasteiger partial charge in [0.2, 0.25) is 0 Å². The van der Waals surface area contributed by atoms with E-state index >= 15 is 0 Å². The summed E-state index contributed by atoms with van der Waals surface area (Å²) in [5.41, 5.74) is 5.08. The molecule has 1 aromatic rings. The fourth-order valence-corrected chi connectivity index (χ4v) is 1.86. The largest absolute Gasteiger partial charge is 0.373 e. The van der Waals surface area contributed by atoms with E-state index in [1.165, 1.54) is 29.1 Å². The van der Waals surface area contributed by atoms with E-state index in [2.05, 4.69) is 36.8 Å². The topological polar surface area (TPSA) is 16.1 Å². The minimum Gasteiger partial charge on any atom is -0.373 e. The molecule has 0 spiro atoms. The Morgan fingerprint density at radius 2 is 1.93 bits per heavy atom. The third kappa shape index (κ3) is 2.49. The van der Waals surface area contributed by atoms with Gasteiger partial charge < -0.3 is 4.90 Å². The number of hydrogen-bond acceptors (Lipinski definition) is 2. The molecule has 0 unspecified atom stereocenters. The van der Waals surface area contributed by atoms with E-state index in [0.29, 0.717) is 0 Å². The van der Waals surface area contributed by atoms with Gasteiger partial charge in [0.15, 0.2) is 0 Å². The van der Waals surface area contributed by atoms with Gasteiger partial charge in [-0.05, 0) is 38.3 Å². The first-order chi connectivity index (χ1) is 7.18. The second kappa shape index (κ2) is 5.15. The average molecular weight is 206 g/mol. The summed E-state index contributed by atoms with van der Waals surface area (Å²) >= 11 is 0. The van der Waals surface area contributed by atoms with Gasteiger partial charge in [-0.1, -0.05) is 13.8 Å². The van der Waals surface area contributed by atoms with Crippen molar-refractivity contribution in [1.82, 2.24) is 4.98 Å². The molecule has 0 bridgehead atoms. The molecule has 1 aromatic heterocycles. The average Bonchev–Trinajstić information content (AvgIpc) is 2.24. The summed E-state index contributed by atoms with van der Waals surface area (Å²) in [4.78, 5) is 6.93. The van der Waals surface area contributed by atoms with Crippen molar-refractivity contribution in [3.05, 3.63) is 23.0 Å². The lowest BCUT2D eigenvalue weighted by molar-refractivity contribution is 0.720. The van der Waals surface area contributed by atoms with Gasteiger partial charge in [-0.3, -0.25) is 4.98 Å². The number of anilines is 1. The highest BCUT2D eigenvalue weighted by molar-refractivity contribution is 5.54. The molecule has 2 heteroatoms. The third-order valence-electron chi connectivity index (χ3n) is 2.84. The molecule has 2 rings (SSSR count). The van der Waals surface area contributed by atoms with Crippen LogP contribution in [0, 0.1) is 13.8 Å². The lowest BCUT2D eigenvalue weighted by Crippen LogP contribution is -2.25. The van der Waals surface area contributed by atoms with E-state index < -0.39 is 0 Å². The third-order valence-corrected chi connectivity index (χ3v) is 2.84. The molecule has 15 heavy (non-hydrogen) atoms. The van der Waals surface area contributed by atoms with Crippen molar-refractivity contribution in [3.8, 4) is 0 Å². The second-order valence-corrected chi connectivity index (χ2v) is 3.88. The van der Waals surface area contributed by atoms with Crippen molar-refractivity contribution in [2.24, 2.45) is 0 Å². The van der Waals surface area contributed by atoms with Gasteiger partial charge in [0, 0.05) is 19.3 Å². The summed E-state index contributed by atoms with van der Waals surface area (Å²) in [7, 11) is 2.15. The lowest BCUT2D eigenvalue weighted by Gasteiger charge is -2.27. The number of nitrogens with zero attached hydrogens (tertiary/aromatic N) is 2. The predicted molar refractivity (Wildman–Crippen MR) is 66.7 cm³/mol. The van der Waals surface area contributed by atoms with Crippen LogP contribution in [0.4, 0.5) is 5.69 Å². The van der Waals surface area contributed by atoms with Gasteiger partial charge >= 0.3 is 0 Å². The Labute approximate surface area is 93.3 Å². The first-order valence-electron chi connectivity index (χ1n) is 5.87. The van der Waals surface area contributed by atoms with Crippen LogP contribution in [-0.2, 0) is 6.42 Å². The van der Waals surface area contributed by atoms with Crippen molar-refractivity contribution >= 4 is 5.69 Å². The highest BCUT2D eigenvalue weighted by atomic mass is 15.1. The molecule has 0 aromatic carbocycles. The predicted octanol–water partition coefficient (Wildman–Crippen LogP) is 3.11. The maximum Gasteiger partial charge on any atom is 0.0640 e. The zero-order valence-corrected chi connectivity index (χ0v) is 10.6. The Bertz CT molecular complexity index is 332. The summed E-state index contributed by atoms with van der Waals surface area (Å²) in [6.45, 7) is 9.38. The summed E-state index contributed by atoms with van der Waals surface area (Å²) in [6.07, 6.45) is 2.37. The Morgan fingerprint density at radius 3 is 2.60 bits per heavy atom. The normalized spacial score (nSPS) is 14.1. The minimum atomic E-state index is 1.14. The van der Waals surface area contributed by atoms with E-state index in [0.717, 1.165) is 13.0 Å². The monoisotopic (exact) mass is 206 g/mol. The quantitative estimate of drug-likeness (QED) is 0.648. The molecule has 0 aliphatic carbocycles. The van der Waals surface area contributed by atoms with Crippen LogP contribution in [0.2, 0.25) is 0 Å². The molecule has 1 aliphatic rings. The van der Waals surface area contributed by atoms with E-state index in [1.807, 2.05) is 13.8 Å². The molecule has 0 radical (unpaired) electrons. The van der Waals surface area contributed by atoms with E-state index in [4.69, 9.17) is 0 Å². The van der Waals surface area contributed by atoms with Crippen molar-refractivity contribution in [1.29, 1.82) is 0 Å². The Morgan fingerprint density at radius 1 is 1.27 bits per heavy atom. The second-order valence-electron chi connectivity index (χ2n) is 3.88. The molecule has 0 N–H and O–H groups in total. The molecule has 0 atom stereocenters. The fourth-order valence-electron chi connectivity index (χ4n) is 1.86. The molecular formula is C13H22N2. The van der Waals surface area contributed by atoms with Gasteiger partial charge in [0.05, 0.1) is 11.4 Å². The summed E-state index contributed by atoms with van der Waals surface area (Å²) in [5, 5.41) is 0. The first kappa shape index (κ1) is 12.0. The van der Waals surface area contributed by atoms with Crippen LogP contribution < -0.4 is 4.90 Å². The summed E-state index contributed by atoms with van der Waals surface area (Å²) in [6, 6.07) is 2.26. The van der Waals surface area contributed by atoms with E-state index in [-0.39, 0.29) is 0 Å². The molecule has 2 heterocycles. The number of hydrogen-bond donors (Lipinski definition) is 0. The van der Waals surface area contributed by atoms with Crippen LogP contribution in [0.3, 0.4) is 0 Å². The number of aromatic nitrogens is 1. The molecule has 84 valence electrons. The van der Waals surface area contributed by atoms with Gasteiger partial charge in [-0.15, -0.1) is 0 Å². The van der Waals surface area contributed by atoms with Crippen molar-refractivity contribution in [3.63, 3.8) is 0 Å². The van der Waals surface area contributed by atoms with Crippen LogP contribution in [0.15, 0.2) is 6.07 Å². The maximum atomic E-state index is 4.62. The maximum absolute atomic E-state index is 4.62. The van der Waals surface area contributed by atoms with Crippen LogP contribution in [0.5, 0.6) is 0 Å². The van der Waals surface area contributed by atoms with Gasteiger partial charge in [-0.2, -0.15) is 0 Å². The van der Waals surface area contributed by atoms with E-state index in [9.17, 15) is 0 Å². The van der Waals surface area contributed by atoms with Crippen molar-refractivity contribution in [2.45, 2.75) is 40.5 Å². The SMILES string of the molecule is CC.Cc1cc2c(nc1C)CCCN2C. The molecule has 0 amide bonds. The van der Waals surface area contributed by atoms with Gasteiger partial charge in [-0.25, -0.2) is 0 Å². The fraction of sp³-hybridized carbons (Fsp3) is 0.615. The molecule has 1 aliphatic heterocycles. The van der Waals surface area contributed by atoms with E-state index in [1.54, 1.807) is 0 Å². The Hall–Kier alpha value is -1.05. The minimum absolute atomic E-state index is 1.14. The Balaban J connectivity index is 0.000000531. The molecule has 0 fully saturated rings. The zero-order chi connectivity index (χ0) is 11.4. The lowest BCUT2D eigenvalue weighted by atomic mass is 10.1. The molecule has 0 saturated carbocycles. The highest BCUT2D eigenvalue weighted by Gasteiger charge is 2.15. The summed E-state index contributed by atoms with van der Waals surface area (Å²) < 4.78 is 0. The zero-order valence-electron chi connectivity index (χ0n) is 10.6. The highest BCUT2D eigenvalue weighted by Crippen LogP contribution is 2.25. The van der Waals surface area contributed by atoms with Gasteiger partial charge in [0.1, 0.15) is 0 Å². The molecular weight excluding hydrogens is 184 g/mol. The van der Waals surface area contributed by atoms with Crippen molar-refractivity contribution < 1.29 is 0 Å². The Kier molecular flexibility index (Phi) is 4.13. The standard InChI is InChI=1S/C11H16N2.C2H6/c1-8-7-11-10(12-9(8)2)5-4-6-13(11)3;1-2/h7H,4-6H2,1-3H3;1-2H3. The van der Waals surface area contributed by atoms with Gasteiger partial charge in [0.25, 0.3) is 0 Å². The molecule has 2 nitrogen and oxygen atoms in total. The van der Waals surface area contributed by atoms with Crippen LogP contribution in [0.25, 0.3) is 0 Å². The van der Waals surface area contributed by atoms with Crippen LogP contribution >= 0.6 is 0 Å². The first-order valence-corrected chi connectivity index (χ1v) is 5.87. The molecule has 0 saturated heterocycles. The number of aryl methyl sites for hydroxylation is 3. The smallest absolute Gasteiger partial charge is 0.0640 e.